The van der Waals surface area contributed by atoms with Crippen LogP contribution in [0.5, 0.6) is 0 Å². The van der Waals surface area contributed by atoms with Gasteiger partial charge in [0.15, 0.2) is 6.29 Å². The van der Waals surface area contributed by atoms with Gasteiger partial charge >= 0.3 is 5.97 Å². The minimum absolute atomic E-state index is 0.00875. The maximum absolute atomic E-state index is 12.4. The first-order chi connectivity index (χ1) is 22.0. The summed E-state index contributed by atoms with van der Waals surface area (Å²) in [6.07, 6.45) is 2.59. The van der Waals surface area contributed by atoms with Crippen LogP contribution >= 0.6 is 0 Å². The molecule has 2 aliphatic heterocycles. The predicted octanol–water partition coefficient (Wildman–Crippen LogP) is 5.37. The standard InChI is InChI=1S/C36H44N2O7/c39-25-26-10-12-28(13-11-26)33-22-31(24-38-18-20-43-21-19-38)44-36(45-33)29-16-14-27(15-17-29)32-7-5-4-6-30(32)23-37-34(40)8-2-1-3-9-35(41)42/h4-7,10-17,31,33,36,39H,1-3,8-9,18-25H2,(H,37,40)(H,41,42)/t31-,33+,36+/m0/s1. The average Bonchev–Trinajstić information content (AvgIpc) is 3.07. The molecule has 0 aromatic heterocycles. The summed E-state index contributed by atoms with van der Waals surface area (Å²) in [6, 6.07) is 24.2. The van der Waals surface area contributed by atoms with Crippen LogP contribution in [0.3, 0.4) is 0 Å². The van der Waals surface area contributed by atoms with E-state index in [0.29, 0.717) is 25.8 Å². The molecule has 0 aliphatic carbocycles. The molecule has 0 saturated carbocycles. The van der Waals surface area contributed by atoms with Crippen LogP contribution in [-0.2, 0) is 37.0 Å². The topological polar surface area (TPSA) is 118 Å². The van der Waals surface area contributed by atoms with Crippen LogP contribution < -0.4 is 5.32 Å². The molecule has 3 aromatic rings. The minimum Gasteiger partial charge on any atom is -0.481 e. The highest BCUT2D eigenvalue weighted by Gasteiger charge is 2.33. The summed E-state index contributed by atoms with van der Waals surface area (Å²) in [4.78, 5) is 25.5. The molecule has 5 rings (SSSR count). The Kier molecular flexibility index (Phi) is 12.1. The number of carboxylic acids is 1. The first-order valence-corrected chi connectivity index (χ1v) is 16.0. The number of ether oxygens (including phenoxy) is 3. The normalized spacial score (nSPS) is 20.5. The van der Waals surface area contributed by atoms with Gasteiger partial charge in [-0.25, -0.2) is 0 Å². The molecule has 45 heavy (non-hydrogen) atoms. The molecule has 3 aromatic carbocycles. The Hall–Kier alpha value is -3.60. The summed E-state index contributed by atoms with van der Waals surface area (Å²) < 4.78 is 18.6. The van der Waals surface area contributed by atoms with Crippen LogP contribution in [0.25, 0.3) is 11.1 Å². The number of nitrogens with zero attached hydrogens (tertiary/aromatic N) is 1. The van der Waals surface area contributed by atoms with Crippen LogP contribution in [0.4, 0.5) is 0 Å². The number of carbonyl (C=O) groups is 2. The maximum atomic E-state index is 12.4. The van der Waals surface area contributed by atoms with E-state index in [2.05, 4.69) is 40.5 Å². The quantitative estimate of drug-likeness (QED) is 0.207. The molecule has 3 atom stereocenters. The molecule has 240 valence electrons. The van der Waals surface area contributed by atoms with Gasteiger partial charge in [-0.05, 0) is 40.7 Å². The van der Waals surface area contributed by atoms with E-state index in [-0.39, 0.29) is 31.1 Å². The van der Waals surface area contributed by atoms with Gasteiger partial charge in [-0.1, -0.05) is 79.2 Å². The number of amides is 1. The van der Waals surface area contributed by atoms with E-state index in [1.54, 1.807) is 0 Å². The monoisotopic (exact) mass is 616 g/mol. The van der Waals surface area contributed by atoms with Crippen molar-refractivity contribution in [1.82, 2.24) is 10.2 Å². The number of carbonyl (C=O) groups excluding carboxylic acids is 1. The summed E-state index contributed by atoms with van der Waals surface area (Å²) in [5.41, 5.74) is 5.98. The number of rotatable bonds is 14. The molecular formula is C36H44N2O7. The summed E-state index contributed by atoms with van der Waals surface area (Å²) in [5, 5.41) is 21.3. The molecule has 9 nitrogen and oxygen atoms in total. The van der Waals surface area contributed by atoms with E-state index < -0.39 is 12.3 Å². The Bertz CT molecular complexity index is 1370. The SMILES string of the molecule is O=C(O)CCCCCC(=O)NCc1ccccc1-c1ccc([C@@H]2O[C@H](CN3CCOCC3)C[C@H](c3ccc(CO)cc3)O2)cc1. The Labute approximate surface area is 265 Å². The van der Waals surface area contributed by atoms with E-state index in [0.717, 1.165) is 79.1 Å². The molecule has 0 unspecified atom stereocenters. The van der Waals surface area contributed by atoms with E-state index >= 15 is 0 Å². The first kappa shape index (κ1) is 32.8. The molecule has 2 fully saturated rings. The second kappa shape index (κ2) is 16.6. The highest BCUT2D eigenvalue weighted by molar-refractivity contribution is 5.76. The van der Waals surface area contributed by atoms with Crippen molar-refractivity contribution in [2.75, 3.05) is 32.8 Å². The summed E-state index contributed by atoms with van der Waals surface area (Å²) >= 11 is 0. The van der Waals surface area contributed by atoms with Crippen molar-refractivity contribution in [2.24, 2.45) is 0 Å². The third-order valence-corrected chi connectivity index (χ3v) is 8.46. The number of hydrogen-bond acceptors (Lipinski definition) is 7. The molecule has 9 heteroatoms. The minimum atomic E-state index is -0.801. The van der Waals surface area contributed by atoms with Gasteiger partial charge in [0.25, 0.3) is 0 Å². The van der Waals surface area contributed by atoms with Gasteiger partial charge < -0.3 is 29.7 Å². The number of morpholine rings is 1. The van der Waals surface area contributed by atoms with Gasteiger partial charge in [0.2, 0.25) is 5.91 Å². The lowest BCUT2D eigenvalue weighted by Gasteiger charge is -2.39. The molecular weight excluding hydrogens is 572 g/mol. The van der Waals surface area contributed by atoms with Gasteiger partial charge in [0.05, 0.1) is 32.0 Å². The van der Waals surface area contributed by atoms with Gasteiger partial charge in [-0.2, -0.15) is 0 Å². The second-order valence-electron chi connectivity index (χ2n) is 11.8. The molecule has 2 heterocycles. The van der Waals surface area contributed by atoms with E-state index in [9.17, 15) is 14.7 Å². The number of unbranched alkanes of at least 4 members (excludes halogenated alkanes) is 2. The van der Waals surface area contributed by atoms with Gasteiger partial charge in [0.1, 0.15) is 0 Å². The zero-order chi connectivity index (χ0) is 31.4. The van der Waals surface area contributed by atoms with E-state index in [1.165, 1.54) is 0 Å². The molecule has 2 saturated heterocycles. The lowest BCUT2D eigenvalue weighted by Crippen LogP contribution is -2.44. The van der Waals surface area contributed by atoms with Crippen LogP contribution in [0, 0.1) is 0 Å². The fourth-order valence-electron chi connectivity index (χ4n) is 5.90. The van der Waals surface area contributed by atoms with E-state index in [4.69, 9.17) is 19.3 Å². The number of nitrogens with one attached hydrogen (secondary N) is 1. The van der Waals surface area contributed by atoms with Crippen molar-refractivity contribution in [3.63, 3.8) is 0 Å². The maximum Gasteiger partial charge on any atom is 0.303 e. The molecule has 3 N–H and O–H groups in total. The third-order valence-electron chi connectivity index (χ3n) is 8.46. The van der Waals surface area contributed by atoms with Gasteiger partial charge in [-0.3, -0.25) is 14.5 Å². The molecule has 0 spiro atoms. The third kappa shape index (κ3) is 9.69. The van der Waals surface area contributed by atoms with Crippen molar-refractivity contribution in [3.05, 3.63) is 95.1 Å². The lowest BCUT2D eigenvalue weighted by molar-refractivity contribution is -0.253. The Morgan fingerprint density at radius 3 is 2.29 bits per heavy atom. The molecule has 0 bridgehead atoms. The predicted molar refractivity (Wildman–Crippen MR) is 170 cm³/mol. The Morgan fingerprint density at radius 2 is 1.56 bits per heavy atom. The largest absolute Gasteiger partial charge is 0.481 e. The Balaban J connectivity index is 1.24. The molecule has 1 amide bonds. The number of hydrogen-bond donors (Lipinski definition) is 3. The number of aliphatic hydroxyl groups excluding tert-OH is 1. The van der Waals surface area contributed by atoms with Gasteiger partial charge in [0, 0.05) is 51.0 Å². The Morgan fingerprint density at radius 1 is 0.844 bits per heavy atom. The summed E-state index contributed by atoms with van der Waals surface area (Å²) in [7, 11) is 0. The van der Waals surface area contributed by atoms with Crippen LogP contribution in [-0.4, -0.2) is 65.9 Å². The average molecular weight is 617 g/mol. The van der Waals surface area contributed by atoms with Crippen molar-refractivity contribution in [2.45, 2.75) is 70.2 Å². The van der Waals surface area contributed by atoms with Crippen LogP contribution in [0.2, 0.25) is 0 Å². The van der Waals surface area contributed by atoms with Crippen molar-refractivity contribution in [1.29, 1.82) is 0 Å². The highest BCUT2D eigenvalue weighted by Crippen LogP contribution is 2.39. The zero-order valence-electron chi connectivity index (χ0n) is 25.7. The van der Waals surface area contributed by atoms with E-state index in [1.807, 2.05) is 42.5 Å². The fourth-order valence-corrected chi connectivity index (χ4v) is 5.90. The number of aliphatic carboxylic acids is 1. The molecule has 0 radical (unpaired) electrons. The first-order valence-electron chi connectivity index (χ1n) is 16.0. The van der Waals surface area contributed by atoms with Crippen LogP contribution in [0.1, 0.15) is 73.2 Å². The zero-order valence-corrected chi connectivity index (χ0v) is 25.7. The number of aliphatic hydroxyl groups is 1. The fraction of sp³-hybridized carbons (Fsp3) is 0.444. The summed E-state index contributed by atoms with van der Waals surface area (Å²) in [5.74, 6) is -0.834. The molecule has 2 aliphatic rings. The highest BCUT2D eigenvalue weighted by atomic mass is 16.7. The number of benzene rings is 3. The summed E-state index contributed by atoms with van der Waals surface area (Å²) in [6.45, 7) is 4.49. The van der Waals surface area contributed by atoms with Crippen molar-refractivity contribution < 1.29 is 34.0 Å². The van der Waals surface area contributed by atoms with Gasteiger partial charge in [-0.15, -0.1) is 0 Å². The van der Waals surface area contributed by atoms with Crippen LogP contribution in [0.15, 0.2) is 72.8 Å². The smallest absolute Gasteiger partial charge is 0.303 e. The lowest BCUT2D eigenvalue weighted by atomic mass is 9.97. The number of carboxylic acid groups (broad SMARTS) is 1. The second-order valence-corrected chi connectivity index (χ2v) is 11.8. The van der Waals surface area contributed by atoms with Crippen molar-refractivity contribution >= 4 is 11.9 Å². The van der Waals surface area contributed by atoms with Crippen molar-refractivity contribution in [3.8, 4) is 11.1 Å².